The van der Waals surface area contributed by atoms with Crippen molar-refractivity contribution < 1.29 is 4.74 Å². The van der Waals surface area contributed by atoms with Crippen LogP contribution < -0.4 is 10.5 Å². The Kier molecular flexibility index (Phi) is 3.73. The quantitative estimate of drug-likeness (QED) is 0.786. The van der Waals surface area contributed by atoms with Gasteiger partial charge in [-0.1, -0.05) is 18.2 Å². The maximum absolute atomic E-state index is 9.71. The molecule has 1 atom stereocenters. The van der Waals surface area contributed by atoms with Crippen molar-refractivity contribution in [2.75, 3.05) is 0 Å². The van der Waals surface area contributed by atoms with Crippen molar-refractivity contribution in [2.45, 2.75) is 26.3 Å². The number of hydrogen-bond acceptors (Lipinski definition) is 5. The van der Waals surface area contributed by atoms with E-state index >= 15 is 0 Å². The summed E-state index contributed by atoms with van der Waals surface area (Å²) in [6, 6.07) is 13.8. The molecule has 0 aliphatic carbocycles. The molecule has 7 nitrogen and oxygen atoms in total. The molecule has 26 heavy (non-hydrogen) atoms. The number of aromatic nitrogens is 4. The maximum atomic E-state index is 9.71. The van der Waals surface area contributed by atoms with Crippen molar-refractivity contribution in [2.24, 2.45) is 5.73 Å². The molecule has 0 bridgehead atoms. The largest absolute Gasteiger partial charge is 0.422 e. The molecule has 0 radical (unpaired) electrons. The first-order valence-electron chi connectivity index (χ1n) is 8.40. The second kappa shape index (κ2) is 6.08. The summed E-state index contributed by atoms with van der Waals surface area (Å²) in [4.78, 5) is 0. The van der Waals surface area contributed by atoms with Crippen LogP contribution in [0.1, 0.15) is 29.8 Å². The summed E-state index contributed by atoms with van der Waals surface area (Å²) in [6.07, 6.45) is 1.73. The average Bonchev–Trinajstić information content (AvgIpc) is 3.26. The highest BCUT2D eigenvalue weighted by molar-refractivity contribution is 5.56. The van der Waals surface area contributed by atoms with Crippen LogP contribution >= 0.6 is 0 Å². The van der Waals surface area contributed by atoms with Crippen molar-refractivity contribution >= 4 is 0 Å². The lowest BCUT2D eigenvalue weighted by molar-refractivity contribution is 0.365. The molecule has 1 unspecified atom stereocenters. The van der Waals surface area contributed by atoms with Gasteiger partial charge in [-0.2, -0.15) is 15.5 Å². The smallest absolute Gasteiger partial charge is 0.229 e. The topological polar surface area (TPSA) is 94.7 Å². The van der Waals surface area contributed by atoms with Gasteiger partial charge in [0, 0.05) is 12.7 Å². The van der Waals surface area contributed by atoms with Crippen molar-refractivity contribution in [1.82, 2.24) is 19.6 Å². The van der Waals surface area contributed by atoms with E-state index in [4.69, 9.17) is 10.5 Å². The number of fused-ring (bicyclic) bond motifs is 1. The van der Waals surface area contributed by atoms with Crippen molar-refractivity contribution in [3.8, 4) is 17.6 Å². The molecule has 1 aliphatic heterocycles. The molecular formula is C19H18N6O. The van der Waals surface area contributed by atoms with Crippen LogP contribution in [0.2, 0.25) is 0 Å². The predicted octanol–water partition coefficient (Wildman–Crippen LogP) is 2.62. The minimum absolute atomic E-state index is 0.103. The molecule has 0 saturated carbocycles. The molecule has 0 spiro atoms. The third-order valence-electron chi connectivity index (χ3n) is 4.58. The van der Waals surface area contributed by atoms with E-state index < -0.39 is 0 Å². The number of benzene rings is 1. The highest BCUT2D eigenvalue weighted by Crippen LogP contribution is 2.44. The summed E-state index contributed by atoms with van der Waals surface area (Å²) < 4.78 is 9.44. The Morgan fingerprint density at radius 3 is 2.73 bits per heavy atom. The molecule has 7 heteroatoms. The van der Waals surface area contributed by atoms with Crippen LogP contribution in [0.15, 0.2) is 54.1 Å². The molecule has 1 aromatic carbocycles. The second-order valence-corrected chi connectivity index (χ2v) is 6.05. The number of allylic oxidation sites excluding steroid dienone is 1. The Morgan fingerprint density at radius 2 is 2.04 bits per heavy atom. The lowest BCUT2D eigenvalue weighted by Crippen LogP contribution is -2.23. The normalized spacial score (nSPS) is 16.1. The van der Waals surface area contributed by atoms with Gasteiger partial charge >= 0.3 is 0 Å². The number of hydrogen-bond donors (Lipinski definition) is 1. The first-order valence-corrected chi connectivity index (χ1v) is 8.40. The summed E-state index contributed by atoms with van der Waals surface area (Å²) in [5, 5.41) is 18.7. The Bertz CT molecular complexity index is 1040. The number of ether oxygens (including phenoxy) is 1. The third kappa shape index (κ3) is 2.27. The summed E-state index contributed by atoms with van der Waals surface area (Å²) in [5.74, 6) is 0.286. The molecule has 130 valence electrons. The molecule has 3 heterocycles. The van der Waals surface area contributed by atoms with E-state index in [1.165, 1.54) is 0 Å². The third-order valence-corrected chi connectivity index (χ3v) is 4.58. The molecule has 0 fully saturated rings. The molecule has 2 N–H and O–H groups in total. The van der Waals surface area contributed by atoms with E-state index in [1.807, 2.05) is 54.9 Å². The van der Waals surface area contributed by atoms with Gasteiger partial charge in [0.2, 0.25) is 11.8 Å². The van der Waals surface area contributed by atoms with Crippen molar-refractivity contribution in [3.05, 3.63) is 71.0 Å². The summed E-state index contributed by atoms with van der Waals surface area (Å²) in [7, 11) is 0. The zero-order valence-electron chi connectivity index (χ0n) is 14.5. The monoisotopic (exact) mass is 346 g/mol. The summed E-state index contributed by atoms with van der Waals surface area (Å²) >= 11 is 0. The van der Waals surface area contributed by atoms with E-state index in [0.29, 0.717) is 18.0 Å². The molecule has 0 saturated heterocycles. The predicted molar refractivity (Wildman–Crippen MR) is 95.5 cm³/mol. The van der Waals surface area contributed by atoms with Crippen LogP contribution in [0.25, 0.3) is 5.69 Å². The molecule has 0 amide bonds. The number of para-hydroxylation sites is 1. The molecule has 1 aliphatic rings. The van der Waals surface area contributed by atoms with Gasteiger partial charge in [-0.25, -0.2) is 4.68 Å². The SMILES string of the molecule is CCn1nccc1C1C(C#N)=C(N)Oc2c1c(C)nn2-c1ccccc1. The lowest BCUT2D eigenvalue weighted by Gasteiger charge is -2.25. The zero-order chi connectivity index (χ0) is 18.3. The first-order chi connectivity index (χ1) is 12.7. The Morgan fingerprint density at radius 1 is 1.27 bits per heavy atom. The van der Waals surface area contributed by atoms with E-state index in [-0.39, 0.29) is 11.8 Å². The van der Waals surface area contributed by atoms with Gasteiger partial charge in [0.05, 0.1) is 28.6 Å². The standard InChI is InChI=1S/C19H18N6O/c1-3-24-15(9-10-22-24)17-14(11-20)18(21)26-19-16(17)12(2)23-25(19)13-7-5-4-6-8-13/h4-10,17H,3,21H2,1-2H3. The zero-order valence-corrected chi connectivity index (χ0v) is 14.5. The van der Waals surface area contributed by atoms with Crippen LogP contribution in [0.3, 0.4) is 0 Å². The number of rotatable bonds is 3. The van der Waals surface area contributed by atoms with Gasteiger partial charge in [0.25, 0.3) is 0 Å². The fourth-order valence-corrected chi connectivity index (χ4v) is 3.41. The fraction of sp³-hybridized carbons (Fsp3) is 0.211. The van der Waals surface area contributed by atoms with E-state index in [1.54, 1.807) is 10.9 Å². The molecule has 4 rings (SSSR count). The van der Waals surface area contributed by atoms with Gasteiger partial charge < -0.3 is 10.5 Å². The number of nitrogens with zero attached hydrogens (tertiary/aromatic N) is 5. The Hall–Kier alpha value is -3.53. The van der Waals surface area contributed by atoms with Gasteiger partial charge in [-0.3, -0.25) is 4.68 Å². The fourth-order valence-electron chi connectivity index (χ4n) is 3.41. The Balaban J connectivity index is 1.97. The van der Waals surface area contributed by atoms with Crippen LogP contribution in [0, 0.1) is 18.3 Å². The van der Waals surface area contributed by atoms with Gasteiger partial charge in [-0.05, 0) is 32.0 Å². The highest BCUT2D eigenvalue weighted by atomic mass is 16.5. The minimum atomic E-state index is -0.358. The van der Waals surface area contributed by atoms with Crippen LogP contribution in [-0.2, 0) is 6.54 Å². The molecule has 2 aromatic heterocycles. The number of nitriles is 1. The van der Waals surface area contributed by atoms with Gasteiger partial charge in [0.15, 0.2) is 0 Å². The van der Waals surface area contributed by atoms with Crippen LogP contribution in [0.4, 0.5) is 0 Å². The van der Waals surface area contributed by atoms with E-state index in [0.717, 1.165) is 22.6 Å². The number of nitrogens with two attached hydrogens (primary N) is 1. The van der Waals surface area contributed by atoms with Crippen molar-refractivity contribution in [1.29, 1.82) is 5.26 Å². The molecular weight excluding hydrogens is 328 g/mol. The minimum Gasteiger partial charge on any atom is -0.422 e. The van der Waals surface area contributed by atoms with E-state index in [2.05, 4.69) is 16.3 Å². The maximum Gasteiger partial charge on any atom is 0.229 e. The van der Waals surface area contributed by atoms with Gasteiger partial charge in [-0.15, -0.1) is 0 Å². The summed E-state index contributed by atoms with van der Waals surface area (Å²) in [6.45, 7) is 4.62. The van der Waals surface area contributed by atoms with Crippen molar-refractivity contribution in [3.63, 3.8) is 0 Å². The highest BCUT2D eigenvalue weighted by Gasteiger charge is 2.37. The van der Waals surface area contributed by atoms with Gasteiger partial charge in [0.1, 0.15) is 11.6 Å². The Labute approximate surface area is 150 Å². The second-order valence-electron chi connectivity index (χ2n) is 6.05. The average molecular weight is 346 g/mol. The van der Waals surface area contributed by atoms with Crippen LogP contribution in [-0.4, -0.2) is 19.6 Å². The lowest BCUT2D eigenvalue weighted by atomic mass is 9.87. The van der Waals surface area contributed by atoms with Crippen LogP contribution in [0.5, 0.6) is 5.88 Å². The number of aryl methyl sites for hydroxylation is 2. The first kappa shape index (κ1) is 16.0. The van der Waals surface area contributed by atoms with E-state index in [9.17, 15) is 5.26 Å². The molecule has 3 aromatic rings. The summed E-state index contributed by atoms with van der Waals surface area (Å²) in [5.41, 5.74) is 9.89.